The molecule has 5 nitrogen and oxygen atoms in total. The Labute approximate surface area is 132 Å². The Balaban J connectivity index is 1.77. The highest BCUT2D eigenvalue weighted by atomic mass is 32.1. The molecule has 0 radical (unpaired) electrons. The summed E-state index contributed by atoms with van der Waals surface area (Å²) in [7, 11) is 0. The number of benzene rings is 1. The van der Waals surface area contributed by atoms with Gasteiger partial charge in [-0.3, -0.25) is 14.9 Å². The molecule has 0 aliphatic heterocycles. The second kappa shape index (κ2) is 5.88. The quantitative estimate of drug-likeness (QED) is 0.686. The summed E-state index contributed by atoms with van der Waals surface area (Å²) in [6.07, 6.45) is 3.22. The van der Waals surface area contributed by atoms with E-state index in [1.807, 2.05) is 6.07 Å². The third-order valence-corrected chi connectivity index (χ3v) is 5.10. The van der Waals surface area contributed by atoms with Gasteiger partial charge in [-0.05, 0) is 42.9 Å². The molecule has 22 heavy (non-hydrogen) atoms. The molecule has 1 aliphatic rings. The molecule has 1 aromatic heterocycles. The number of nitrogens with zero attached hydrogens (tertiary/aromatic N) is 1. The summed E-state index contributed by atoms with van der Waals surface area (Å²) in [6, 6.07) is 7.95. The van der Waals surface area contributed by atoms with Crippen molar-refractivity contribution in [3.05, 3.63) is 55.8 Å². The normalized spacial score (nSPS) is 16.9. The van der Waals surface area contributed by atoms with E-state index in [9.17, 15) is 14.9 Å². The first-order valence-electron chi connectivity index (χ1n) is 7.20. The molecular weight excluding hydrogens is 300 g/mol. The molecule has 1 heterocycles. The molecule has 1 atom stereocenters. The summed E-state index contributed by atoms with van der Waals surface area (Å²) in [4.78, 5) is 24.6. The number of carbonyl (C=O) groups excluding carboxylic acids is 1. The molecule has 114 valence electrons. The van der Waals surface area contributed by atoms with Crippen LogP contribution in [0.25, 0.3) is 0 Å². The van der Waals surface area contributed by atoms with Gasteiger partial charge in [0.25, 0.3) is 11.6 Å². The lowest BCUT2D eigenvalue weighted by Crippen LogP contribution is -2.10. The second-order valence-corrected chi connectivity index (χ2v) is 6.81. The fourth-order valence-electron chi connectivity index (χ4n) is 2.71. The van der Waals surface area contributed by atoms with Crippen LogP contribution in [0.1, 0.15) is 33.5 Å². The number of non-ortho nitro benzene ring substituents is 1. The van der Waals surface area contributed by atoms with Crippen molar-refractivity contribution in [1.29, 1.82) is 0 Å². The minimum Gasteiger partial charge on any atom is -0.321 e. The van der Waals surface area contributed by atoms with Gasteiger partial charge in [-0.1, -0.05) is 13.0 Å². The number of anilines is 1. The van der Waals surface area contributed by atoms with Gasteiger partial charge in [-0.25, -0.2) is 0 Å². The van der Waals surface area contributed by atoms with Crippen LogP contribution in [0.3, 0.4) is 0 Å². The molecule has 1 amide bonds. The van der Waals surface area contributed by atoms with E-state index in [1.165, 1.54) is 40.3 Å². The number of nitro groups is 1. The fraction of sp³-hybridized carbons (Fsp3) is 0.312. The molecule has 0 saturated carbocycles. The van der Waals surface area contributed by atoms with Crippen molar-refractivity contribution in [3.63, 3.8) is 0 Å². The maximum absolute atomic E-state index is 12.3. The Morgan fingerprint density at radius 2 is 2.23 bits per heavy atom. The third kappa shape index (κ3) is 3.01. The topological polar surface area (TPSA) is 72.2 Å². The van der Waals surface area contributed by atoms with Gasteiger partial charge in [-0.2, -0.15) is 0 Å². The minimum absolute atomic E-state index is 0.0305. The SMILES string of the molecule is C[C@@H]1CCc2sc(C(=O)Nc3cccc([N+](=O)[O-])c3)cc2C1. The van der Waals surface area contributed by atoms with E-state index in [0.29, 0.717) is 16.5 Å². The van der Waals surface area contributed by atoms with Crippen LogP contribution in [0.5, 0.6) is 0 Å². The van der Waals surface area contributed by atoms with Gasteiger partial charge in [0.2, 0.25) is 0 Å². The maximum Gasteiger partial charge on any atom is 0.271 e. The first kappa shape index (κ1) is 14.7. The van der Waals surface area contributed by atoms with Crippen molar-refractivity contribution in [2.24, 2.45) is 5.92 Å². The van der Waals surface area contributed by atoms with E-state index < -0.39 is 4.92 Å². The van der Waals surface area contributed by atoms with Crippen molar-refractivity contribution in [2.45, 2.75) is 26.2 Å². The minimum atomic E-state index is -0.471. The molecule has 0 unspecified atom stereocenters. The number of thiophene rings is 1. The molecule has 1 aliphatic carbocycles. The molecule has 1 aromatic carbocycles. The smallest absolute Gasteiger partial charge is 0.271 e. The summed E-state index contributed by atoms with van der Waals surface area (Å²) in [5.74, 6) is 0.460. The predicted octanol–water partition coefficient (Wildman–Crippen LogP) is 4.03. The fourth-order valence-corrected chi connectivity index (χ4v) is 3.81. The van der Waals surface area contributed by atoms with E-state index in [1.54, 1.807) is 12.1 Å². The third-order valence-electron chi connectivity index (χ3n) is 3.87. The Morgan fingerprint density at radius 3 is 3.00 bits per heavy atom. The van der Waals surface area contributed by atoms with Gasteiger partial charge < -0.3 is 5.32 Å². The first-order valence-corrected chi connectivity index (χ1v) is 8.02. The lowest BCUT2D eigenvalue weighted by atomic mass is 9.90. The zero-order valence-corrected chi connectivity index (χ0v) is 13.0. The molecule has 0 spiro atoms. The van der Waals surface area contributed by atoms with Gasteiger partial charge in [0, 0.05) is 22.7 Å². The Morgan fingerprint density at radius 1 is 1.41 bits per heavy atom. The molecule has 3 rings (SSSR count). The van der Waals surface area contributed by atoms with Gasteiger partial charge in [0.1, 0.15) is 0 Å². The summed E-state index contributed by atoms with van der Waals surface area (Å²) in [5, 5.41) is 13.5. The van der Waals surface area contributed by atoms with Crippen LogP contribution < -0.4 is 5.32 Å². The summed E-state index contributed by atoms with van der Waals surface area (Å²) >= 11 is 1.53. The average Bonchev–Trinajstić information content (AvgIpc) is 2.90. The standard InChI is InChI=1S/C16H16N2O3S/c1-10-5-6-14-11(7-10)8-15(22-14)16(19)17-12-3-2-4-13(9-12)18(20)21/h2-4,8-10H,5-7H2,1H3,(H,17,19)/t10-/m1/s1. The summed E-state index contributed by atoms with van der Waals surface area (Å²) in [6.45, 7) is 2.23. The number of amides is 1. The number of aryl methyl sites for hydroxylation is 1. The van der Waals surface area contributed by atoms with Crippen LogP contribution in [-0.4, -0.2) is 10.8 Å². The van der Waals surface area contributed by atoms with Crippen molar-refractivity contribution < 1.29 is 9.72 Å². The Kier molecular flexibility index (Phi) is 3.94. The maximum atomic E-state index is 12.3. The van der Waals surface area contributed by atoms with Crippen LogP contribution in [-0.2, 0) is 12.8 Å². The van der Waals surface area contributed by atoms with Gasteiger partial charge in [-0.15, -0.1) is 11.3 Å². The number of rotatable bonds is 3. The number of nitro benzene ring substituents is 1. The monoisotopic (exact) mass is 316 g/mol. The van der Waals surface area contributed by atoms with Gasteiger partial charge in [0.05, 0.1) is 9.80 Å². The molecule has 0 fully saturated rings. The van der Waals surface area contributed by atoms with Gasteiger partial charge in [0.15, 0.2) is 0 Å². The highest BCUT2D eigenvalue weighted by molar-refractivity contribution is 7.14. The van der Waals surface area contributed by atoms with E-state index >= 15 is 0 Å². The number of fused-ring (bicyclic) bond motifs is 1. The molecule has 1 N–H and O–H groups in total. The number of hydrogen-bond donors (Lipinski definition) is 1. The Bertz CT molecular complexity index is 739. The molecule has 0 bridgehead atoms. The molecule has 0 saturated heterocycles. The zero-order chi connectivity index (χ0) is 15.7. The van der Waals surface area contributed by atoms with Crippen LogP contribution in [0.4, 0.5) is 11.4 Å². The van der Waals surface area contributed by atoms with Crippen LogP contribution in [0, 0.1) is 16.0 Å². The average molecular weight is 316 g/mol. The van der Waals surface area contributed by atoms with Crippen molar-refractivity contribution >= 4 is 28.6 Å². The number of nitrogens with one attached hydrogen (secondary N) is 1. The zero-order valence-electron chi connectivity index (χ0n) is 12.2. The van der Waals surface area contributed by atoms with E-state index in [-0.39, 0.29) is 11.6 Å². The lowest BCUT2D eigenvalue weighted by Gasteiger charge is -2.16. The molecular formula is C16H16N2O3S. The lowest BCUT2D eigenvalue weighted by molar-refractivity contribution is -0.384. The predicted molar refractivity (Wildman–Crippen MR) is 86.6 cm³/mol. The van der Waals surface area contributed by atoms with E-state index in [0.717, 1.165) is 12.8 Å². The van der Waals surface area contributed by atoms with E-state index in [4.69, 9.17) is 0 Å². The van der Waals surface area contributed by atoms with Gasteiger partial charge >= 0.3 is 0 Å². The highest BCUT2D eigenvalue weighted by Gasteiger charge is 2.21. The number of carbonyl (C=O) groups is 1. The Hall–Kier alpha value is -2.21. The van der Waals surface area contributed by atoms with Crippen molar-refractivity contribution in [3.8, 4) is 0 Å². The van der Waals surface area contributed by atoms with Crippen LogP contribution >= 0.6 is 11.3 Å². The van der Waals surface area contributed by atoms with E-state index in [2.05, 4.69) is 12.2 Å². The summed E-state index contributed by atoms with van der Waals surface area (Å²) in [5.41, 5.74) is 1.68. The highest BCUT2D eigenvalue weighted by Crippen LogP contribution is 2.32. The van der Waals surface area contributed by atoms with Crippen molar-refractivity contribution in [1.82, 2.24) is 0 Å². The number of hydrogen-bond acceptors (Lipinski definition) is 4. The van der Waals surface area contributed by atoms with Crippen LogP contribution in [0.15, 0.2) is 30.3 Å². The van der Waals surface area contributed by atoms with Crippen LogP contribution in [0.2, 0.25) is 0 Å². The van der Waals surface area contributed by atoms with Crippen molar-refractivity contribution in [2.75, 3.05) is 5.32 Å². The summed E-state index contributed by atoms with van der Waals surface area (Å²) < 4.78 is 0. The largest absolute Gasteiger partial charge is 0.321 e. The molecule has 6 heteroatoms. The first-order chi connectivity index (χ1) is 10.5. The second-order valence-electron chi connectivity index (χ2n) is 5.67. The molecule has 2 aromatic rings.